The van der Waals surface area contributed by atoms with Crippen LogP contribution in [0.2, 0.25) is 0 Å². The number of halogens is 1. The average molecular weight is 209 g/mol. The van der Waals surface area contributed by atoms with Gasteiger partial charge in [0.1, 0.15) is 5.82 Å². The molecule has 0 radical (unpaired) electrons. The third-order valence-electron chi connectivity index (χ3n) is 1.57. The van der Waals surface area contributed by atoms with Crippen LogP contribution in [0, 0.1) is 17.7 Å². The summed E-state index contributed by atoms with van der Waals surface area (Å²) >= 11 is 1.57. The molecule has 74 valence electrons. The zero-order chi connectivity index (χ0) is 10.4. The minimum atomic E-state index is -0.283. The first-order valence-corrected chi connectivity index (χ1v) is 5.29. The molecule has 0 aliphatic rings. The molecule has 2 N–H and O–H groups in total. The van der Waals surface area contributed by atoms with Crippen LogP contribution in [-0.4, -0.2) is 5.75 Å². The van der Waals surface area contributed by atoms with E-state index in [9.17, 15) is 4.39 Å². The lowest BCUT2D eigenvalue weighted by atomic mass is 10.3. The number of nitrogen functional groups attached to an aromatic ring is 1. The standard InChI is InChI=1S/C11H12FNS/c1-2-3-4-5-14-11-7-9(12)6-10(13)8-11/h6-8H,4-5,13H2,1H3. The molecule has 0 unspecified atom stereocenters. The van der Waals surface area contributed by atoms with Crippen LogP contribution in [-0.2, 0) is 0 Å². The number of hydrogen-bond donors (Lipinski definition) is 1. The quantitative estimate of drug-likeness (QED) is 0.358. The minimum Gasteiger partial charge on any atom is -0.399 e. The molecule has 3 heteroatoms. The van der Waals surface area contributed by atoms with Crippen molar-refractivity contribution in [2.45, 2.75) is 18.2 Å². The van der Waals surface area contributed by atoms with Crippen LogP contribution in [0.4, 0.5) is 10.1 Å². The summed E-state index contributed by atoms with van der Waals surface area (Å²) in [7, 11) is 0. The van der Waals surface area contributed by atoms with E-state index < -0.39 is 0 Å². The van der Waals surface area contributed by atoms with E-state index in [1.807, 2.05) is 6.92 Å². The fourth-order valence-electron chi connectivity index (χ4n) is 1.01. The van der Waals surface area contributed by atoms with E-state index in [1.165, 1.54) is 12.1 Å². The Morgan fingerprint density at radius 3 is 2.86 bits per heavy atom. The van der Waals surface area contributed by atoms with Gasteiger partial charge in [0, 0.05) is 22.8 Å². The molecule has 0 spiro atoms. The highest BCUT2D eigenvalue weighted by atomic mass is 32.2. The Kier molecular flexibility index (Phi) is 4.34. The molecule has 0 heterocycles. The average Bonchev–Trinajstić information content (AvgIpc) is 2.11. The lowest BCUT2D eigenvalue weighted by Crippen LogP contribution is -1.87. The van der Waals surface area contributed by atoms with Crippen LogP contribution >= 0.6 is 11.8 Å². The first-order chi connectivity index (χ1) is 6.72. The Balaban J connectivity index is 2.53. The third kappa shape index (κ3) is 3.71. The van der Waals surface area contributed by atoms with Gasteiger partial charge < -0.3 is 5.73 Å². The van der Waals surface area contributed by atoms with Gasteiger partial charge in [-0.15, -0.1) is 23.6 Å². The highest BCUT2D eigenvalue weighted by Gasteiger charge is 1.98. The predicted molar refractivity (Wildman–Crippen MR) is 59.6 cm³/mol. The van der Waals surface area contributed by atoms with E-state index in [0.29, 0.717) is 5.69 Å². The van der Waals surface area contributed by atoms with Crippen molar-refractivity contribution in [2.24, 2.45) is 0 Å². The topological polar surface area (TPSA) is 26.0 Å². The Morgan fingerprint density at radius 1 is 1.43 bits per heavy atom. The van der Waals surface area contributed by atoms with Crippen molar-refractivity contribution in [2.75, 3.05) is 11.5 Å². The highest BCUT2D eigenvalue weighted by Crippen LogP contribution is 2.22. The monoisotopic (exact) mass is 209 g/mol. The van der Waals surface area contributed by atoms with Crippen molar-refractivity contribution in [3.05, 3.63) is 24.0 Å². The molecule has 14 heavy (non-hydrogen) atoms. The molecule has 0 aliphatic carbocycles. The summed E-state index contributed by atoms with van der Waals surface area (Å²) in [6.45, 7) is 1.81. The summed E-state index contributed by atoms with van der Waals surface area (Å²) in [5, 5.41) is 0. The van der Waals surface area contributed by atoms with E-state index in [-0.39, 0.29) is 5.82 Å². The zero-order valence-corrected chi connectivity index (χ0v) is 8.83. The molecule has 0 bridgehead atoms. The van der Waals surface area contributed by atoms with Crippen LogP contribution in [0.15, 0.2) is 23.1 Å². The maximum absolute atomic E-state index is 12.9. The van der Waals surface area contributed by atoms with Crippen LogP contribution in [0.5, 0.6) is 0 Å². The highest BCUT2D eigenvalue weighted by molar-refractivity contribution is 7.99. The van der Waals surface area contributed by atoms with E-state index in [1.54, 1.807) is 17.8 Å². The van der Waals surface area contributed by atoms with Gasteiger partial charge in [-0.25, -0.2) is 4.39 Å². The minimum absolute atomic E-state index is 0.283. The molecular formula is C11H12FNS. The van der Waals surface area contributed by atoms with Crippen LogP contribution in [0.3, 0.4) is 0 Å². The van der Waals surface area contributed by atoms with Crippen molar-refractivity contribution in [3.63, 3.8) is 0 Å². The van der Waals surface area contributed by atoms with Crippen LogP contribution in [0.1, 0.15) is 13.3 Å². The lowest BCUT2D eigenvalue weighted by Gasteiger charge is -2.01. The van der Waals surface area contributed by atoms with Gasteiger partial charge in [0.25, 0.3) is 0 Å². The second kappa shape index (κ2) is 5.56. The Bertz CT molecular complexity index is 345. The molecular weight excluding hydrogens is 197 g/mol. The maximum atomic E-state index is 12.9. The Hall–Kier alpha value is -1.14. The van der Waals surface area contributed by atoms with Crippen molar-refractivity contribution < 1.29 is 4.39 Å². The van der Waals surface area contributed by atoms with E-state index in [0.717, 1.165) is 17.1 Å². The van der Waals surface area contributed by atoms with E-state index >= 15 is 0 Å². The van der Waals surface area contributed by atoms with Crippen LogP contribution in [0.25, 0.3) is 0 Å². The number of benzene rings is 1. The van der Waals surface area contributed by atoms with Crippen molar-refractivity contribution >= 4 is 17.4 Å². The van der Waals surface area contributed by atoms with Gasteiger partial charge in [0.05, 0.1) is 0 Å². The Labute approximate surface area is 87.9 Å². The van der Waals surface area contributed by atoms with E-state index in [4.69, 9.17) is 5.73 Å². The summed E-state index contributed by atoms with van der Waals surface area (Å²) in [6, 6.07) is 4.57. The summed E-state index contributed by atoms with van der Waals surface area (Å²) in [5.74, 6) is 6.35. The second-order valence-corrected chi connectivity index (χ2v) is 3.91. The third-order valence-corrected chi connectivity index (χ3v) is 2.54. The molecule has 0 aromatic heterocycles. The molecule has 1 nitrogen and oxygen atoms in total. The van der Waals surface area contributed by atoms with E-state index in [2.05, 4.69) is 11.8 Å². The van der Waals surface area contributed by atoms with Crippen molar-refractivity contribution in [3.8, 4) is 11.8 Å². The zero-order valence-electron chi connectivity index (χ0n) is 8.01. The summed E-state index contributed by atoms with van der Waals surface area (Å²) in [4.78, 5) is 0.861. The number of rotatable bonds is 3. The molecule has 1 aromatic carbocycles. The fourth-order valence-corrected chi connectivity index (χ4v) is 1.87. The van der Waals surface area contributed by atoms with Gasteiger partial charge in [-0.1, -0.05) is 0 Å². The summed E-state index contributed by atoms with van der Waals surface area (Å²) in [5.41, 5.74) is 5.98. The van der Waals surface area contributed by atoms with Gasteiger partial charge in [-0.3, -0.25) is 0 Å². The molecule has 0 fully saturated rings. The molecule has 1 aromatic rings. The van der Waals surface area contributed by atoms with Crippen LogP contribution < -0.4 is 5.73 Å². The molecule has 0 saturated heterocycles. The first-order valence-electron chi connectivity index (χ1n) is 4.31. The van der Waals surface area contributed by atoms with Gasteiger partial charge in [-0.05, 0) is 25.1 Å². The second-order valence-electron chi connectivity index (χ2n) is 2.75. The van der Waals surface area contributed by atoms with Gasteiger partial charge in [-0.2, -0.15) is 0 Å². The molecule has 1 rings (SSSR count). The number of thioether (sulfide) groups is 1. The lowest BCUT2D eigenvalue weighted by molar-refractivity contribution is 0.625. The number of nitrogens with two attached hydrogens (primary N) is 1. The largest absolute Gasteiger partial charge is 0.399 e. The molecule has 0 amide bonds. The Morgan fingerprint density at radius 2 is 2.21 bits per heavy atom. The summed E-state index contributed by atoms with van der Waals surface area (Å²) in [6.07, 6.45) is 0.817. The van der Waals surface area contributed by atoms with Gasteiger partial charge in [0.2, 0.25) is 0 Å². The van der Waals surface area contributed by atoms with Gasteiger partial charge >= 0.3 is 0 Å². The van der Waals surface area contributed by atoms with Crippen molar-refractivity contribution in [1.29, 1.82) is 0 Å². The first kappa shape index (κ1) is 10.9. The van der Waals surface area contributed by atoms with Crippen molar-refractivity contribution in [1.82, 2.24) is 0 Å². The predicted octanol–water partition coefficient (Wildman–Crippen LogP) is 2.91. The molecule has 0 atom stereocenters. The number of anilines is 1. The SMILES string of the molecule is CC#CCCSc1cc(N)cc(F)c1. The smallest absolute Gasteiger partial charge is 0.126 e. The molecule has 0 aliphatic heterocycles. The summed E-state index contributed by atoms with van der Waals surface area (Å²) < 4.78 is 12.9. The number of hydrogen-bond acceptors (Lipinski definition) is 2. The molecule has 0 saturated carbocycles. The maximum Gasteiger partial charge on any atom is 0.126 e. The van der Waals surface area contributed by atoms with Gasteiger partial charge in [0.15, 0.2) is 0 Å². The fraction of sp³-hybridized carbons (Fsp3) is 0.273. The normalized spacial score (nSPS) is 9.29.